The zero-order valence-corrected chi connectivity index (χ0v) is 53.5. The summed E-state index contributed by atoms with van der Waals surface area (Å²) in [7, 11) is 0. The average molecular weight is 1140 g/mol. The number of nitrogens with one attached hydrogen (secondary N) is 2. The lowest BCUT2D eigenvalue weighted by molar-refractivity contribution is 0.289. The molecule has 0 aliphatic carbocycles. The van der Waals surface area contributed by atoms with Crippen LogP contribution in [0.5, 0.6) is 23.0 Å². The molecule has 2 aliphatic heterocycles. The molecule has 0 spiro atoms. The summed E-state index contributed by atoms with van der Waals surface area (Å²) in [6, 6.07) is 22.2. The van der Waals surface area contributed by atoms with Crippen molar-refractivity contribution in [1.82, 2.24) is 19.9 Å². The van der Waals surface area contributed by atoms with E-state index in [-0.39, 0.29) is 0 Å². The Bertz CT molecular complexity index is 2660. The Morgan fingerprint density at radius 1 is 0.286 bits per heavy atom. The lowest BCUT2D eigenvalue weighted by Gasteiger charge is -2.14. The molecule has 8 nitrogen and oxygen atoms in total. The van der Waals surface area contributed by atoms with E-state index < -0.39 is 0 Å². The molecule has 84 heavy (non-hydrogen) atoms. The standard InChI is InChI=1S/C76H110N4O4/c1-7-13-19-25-29-35-49-81-61-53-59(54-62(57-61)82-50-36-30-26-20-14-8-2)75-71-45-43-69(78-71)65(39-33-23-17-11-5)67-41-42-68(77-67)66(40-34-24-18-12-6)70-44-46-72(79-70)76(74-48-47-73(75)80-74)60-55-63(83-51-37-31-27-21-15-9-3)58-64(56-60)84-52-38-32-28-22-16-10-4/h41-48,53-58,78-79H,7-40,49-52H2,1-6H3. The maximum absolute atomic E-state index is 6.72. The summed E-state index contributed by atoms with van der Waals surface area (Å²) in [5, 5.41) is 0. The maximum Gasteiger partial charge on any atom is 0.123 e. The van der Waals surface area contributed by atoms with Crippen LogP contribution < -0.4 is 18.9 Å². The highest BCUT2D eigenvalue weighted by molar-refractivity contribution is 5.96. The minimum Gasteiger partial charge on any atom is -0.493 e. The van der Waals surface area contributed by atoms with E-state index in [0.717, 1.165) is 141 Å². The molecule has 0 fully saturated rings. The molecule has 0 saturated carbocycles. The van der Waals surface area contributed by atoms with E-state index >= 15 is 0 Å². The molecule has 2 aromatic carbocycles. The fourth-order valence-electron chi connectivity index (χ4n) is 12.0. The normalized spacial score (nSPS) is 12.0. The summed E-state index contributed by atoms with van der Waals surface area (Å²) >= 11 is 0. The third kappa shape index (κ3) is 21.3. The Labute approximate surface area is 508 Å². The molecule has 0 amide bonds. The van der Waals surface area contributed by atoms with Gasteiger partial charge in [0.25, 0.3) is 0 Å². The molecule has 7 rings (SSSR count). The molecule has 0 saturated heterocycles. The van der Waals surface area contributed by atoms with Gasteiger partial charge in [-0.15, -0.1) is 0 Å². The molecular weight excluding hydrogens is 1030 g/mol. The van der Waals surface area contributed by atoms with Gasteiger partial charge in [-0.1, -0.05) is 208 Å². The van der Waals surface area contributed by atoms with Gasteiger partial charge in [0.15, 0.2) is 0 Å². The first-order chi connectivity index (χ1) is 41.5. The third-order valence-corrected chi connectivity index (χ3v) is 16.9. The maximum atomic E-state index is 6.72. The van der Waals surface area contributed by atoms with Crippen LogP contribution in [-0.4, -0.2) is 46.4 Å². The summed E-state index contributed by atoms with van der Waals surface area (Å²) in [6.45, 7) is 16.4. The second-order valence-electron chi connectivity index (χ2n) is 24.2. The predicted octanol–water partition coefficient (Wildman–Crippen LogP) is 23.2. The van der Waals surface area contributed by atoms with E-state index in [1.807, 2.05) is 0 Å². The van der Waals surface area contributed by atoms with Gasteiger partial charge < -0.3 is 28.9 Å². The monoisotopic (exact) mass is 1140 g/mol. The fourth-order valence-corrected chi connectivity index (χ4v) is 12.0. The van der Waals surface area contributed by atoms with Gasteiger partial charge in [-0.3, -0.25) is 0 Å². The van der Waals surface area contributed by atoms with E-state index in [0.29, 0.717) is 26.4 Å². The number of aromatic amines is 2. The number of benzene rings is 2. The molecule has 3 aromatic heterocycles. The van der Waals surface area contributed by atoms with Gasteiger partial charge in [-0.25, -0.2) is 9.97 Å². The molecule has 8 heteroatoms. The number of aromatic nitrogens is 4. The first-order valence-corrected chi connectivity index (χ1v) is 34.4. The molecular formula is C76H110N4O4. The highest BCUT2D eigenvalue weighted by Gasteiger charge is 2.20. The van der Waals surface area contributed by atoms with Gasteiger partial charge in [0.1, 0.15) is 23.0 Å². The zero-order valence-electron chi connectivity index (χ0n) is 53.5. The van der Waals surface area contributed by atoms with Crippen molar-refractivity contribution in [1.29, 1.82) is 0 Å². The number of aryl methyl sites for hydroxylation is 2. The van der Waals surface area contributed by atoms with E-state index in [2.05, 4.69) is 136 Å². The highest BCUT2D eigenvalue weighted by Crippen LogP contribution is 2.40. The van der Waals surface area contributed by atoms with E-state index in [1.54, 1.807) is 0 Å². The van der Waals surface area contributed by atoms with Gasteiger partial charge in [0.2, 0.25) is 0 Å². The number of fused-ring (bicyclic) bond motifs is 8. The van der Waals surface area contributed by atoms with Crippen LogP contribution >= 0.6 is 0 Å². The Balaban J connectivity index is 1.45. The van der Waals surface area contributed by atoms with Crippen LogP contribution in [0.2, 0.25) is 0 Å². The first-order valence-electron chi connectivity index (χ1n) is 34.4. The second kappa shape index (κ2) is 38.3. The topological polar surface area (TPSA) is 94.3 Å². The van der Waals surface area contributed by atoms with Crippen LogP contribution in [0.3, 0.4) is 0 Å². The summed E-state index contributed by atoms with van der Waals surface area (Å²) < 4.78 is 26.9. The van der Waals surface area contributed by atoms with Crippen molar-refractivity contribution in [2.24, 2.45) is 0 Å². The number of hydrogen-bond acceptors (Lipinski definition) is 6. The quantitative estimate of drug-likeness (QED) is 0.0370. The van der Waals surface area contributed by atoms with Gasteiger partial charge in [0, 0.05) is 56.5 Å². The molecule has 8 bridgehead atoms. The van der Waals surface area contributed by atoms with Crippen molar-refractivity contribution in [2.75, 3.05) is 26.4 Å². The lowest BCUT2D eigenvalue weighted by Crippen LogP contribution is -2.01. The Hall–Kier alpha value is -5.76. The summed E-state index contributed by atoms with van der Waals surface area (Å²) in [5.74, 6) is 3.31. The SMILES string of the molecule is CCCCCCCCOc1cc(OCCCCCCCC)cc(-c2c3nc(c(-c4cc(OCCCCCCCC)cc(OCCCCCCCC)c4)c4ccc([nH]4)c(CCCCCC)c4nc(c(CCCCCC)c5ccc2[nH]5)C=C4)C=C3)c1. The molecule has 2 N–H and O–H groups in total. The third-order valence-electron chi connectivity index (χ3n) is 16.9. The smallest absolute Gasteiger partial charge is 0.123 e. The predicted molar refractivity (Wildman–Crippen MR) is 361 cm³/mol. The summed E-state index contributed by atoms with van der Waals surface area (Å²) in [6.07, 6.45) is 49.3. The van der Waals surface area contributed by atoms with Gasteiger partial charge in [0.05, 0.1) is 49.2 Å². The second-order valence-corrected chi connectivity index (χ2v) is 24.2. The van der Waals surface area contributed by atoms with Gasteiger partial charge >= 0.3 is 0 Å². The van der Waals surface area contributed by atoms with Crippen molar-refractivity contribution in [3.05, 3.63) is 94.6 Å². The molecule has 458 valence electrons. The fraction of sp³-hybridized carbons (Fsp3) is 0.579. The van der Waals surface area contributed by atoms with Crippen LogP contribution in [0.4, 0.5) is 0 Å². The van der Waals surface area contributed by atoms with E-state index in [4.69, 9.17) is 28.9 Å². The Morgan fingerprint density at radius 3 is 0.869 bits per heavy atom. The first kappa shape index (κ1) is 65.8. The zero-order chi connectivity index (χ0) is 58.8. The number of unbranched alkanes of at least 4 members (excludes halogenated alkanes) is 26. The van der Waals surface area contributed by atoms with Crippen molar-refractivity contribution < 1.29 is 18.9 Å². The molecule has 0 radical (unpaired) electrons. The number of rotatable bonds is 44. The summed E-state index contributed by atoms with van der Waals surface area (Å²) in [5.41, 5.74) is 14.6. The number of hydrogen-bond donors (Lipinski definition) is 2. The van der Waals surface area contributed by atoms with E-state index in [9.17, 15) is 0 Å². The van der Waals surface area contributed by atoms with Crippen molar-refractivity contribution in [2.45, 2.75) is 260 Å². The minimum absolute atomic E-state index is 0.666. The largest absolute Gasteiger partial charge is 0.493 e. The number of nitrogens with zero attached hydrogens (tertiary/aromatic N) is 2. The lowest BCUT2D eigenvalue weighted by atomic mass is 10.0. The van der Waals surface area contributed by atoms with Crippen LogP contribution in [0.1, 0.15) is 281 Å². The van der Waals surface area contributed by atoms with Crippen LogP contribution in [-0.2, 0) is 12.8 Å². The van der Waals surface area contributed by atoms with Crippen LogP contribution in [0.15, 0.2) is 60.7 Å². The molecule has 5 heterocycles. The van der Waals surface area contributed by atoms with Gasteiger partial charge in [-0.2, -0.15) is 0 Å². The summed E-state index contributed by atoms with van der Waals surface area (Å²) in [4.78, 5) is 19.4. The number of ether oxygens (including phenoxy) is 4. The molecule has 5 aromatic rings. The minimum atomic E-state index is 0.666. The van der Waals surface area contributed by atoms with Crippen LogP contribution in [0.25, 0.3) is 68.6 Å². The Kier molecular flexibility index (Phi) is 30.0. The molecule has 2 aliphatic rings. The van der Waals surface area contributed by atoms with Crippen molar-refractivity contribution in [3.8, 4) is 45.3 Å². The van der Waals surface area contributed by atoms with Crippen molar-refractivity contribution in [3.63, 3.8) is 0 Å². The molecule has 0 unspecified atom stereocenters. The number of H-pyrrole nitrogens is 2. The van der Waals surface area contributed by atoms with Crippen molar-refractivity contribution >= 4 is 46.4 Å². The van der Waals surface area contributed by atoms with Gasteiger partial charge in [-0.05, 0) is 135 Å². The Morgan fingerprint density at radius 2 is 0.548 bits per heavy atom. The average Bonchev–Trinajstić information content (AvgIpc) is 2.58. The van der Waals surface area contributed by atoms with Crippen LogP contribution in [0, 0.1) is 0 Å². The molecule has 0 atom stereocenters. The highest BCUT2D eigenvalue weighted by atomic mass is 16.5. The van der Waals surface area contributed by atoms with E-state index in [1.165, 1.54) is 178 Å².